The summed E-state index contributed by atoms with van der Waals surface area (Å²) in [4.78, 5) is 12.7. The predicted octanol–water partition coefficient (Wildman–Crippen LogP) is 2.64. The average molecular weight is 368 g/mol. The molecule has 7 heteroatoms. The van der Waals surface area contributed by atoms with Crippen LogP contribution in [0.15, 0.2) is 23.1 Å². The third-order valence-corrected chi connectivity index (χ3v) is 6.62. The number of sulfonamides is 1. The summed E-state index contributed by atoms with van der Waals surface area (Å²) in [6.45, 7) is 7.00. The molecule has 1 aliphatic rings. The topological polar surface area (TPSA) is 75.7 Å². The van der Waals surface area contributed by atoms with Gasteiger partial charge in [0.2, 0.25) is 10.0 Å². The monoisotopic (exact) mass is 368 g/mol. The Labute approximate surface area is 150 Å². The summed E-state index contributed by atoms with van der Waals surface area (Å²) in [5.41, 5.74) is 0.244. The molecular formula is C18H28N2O4S. The van der Waals surface area contributed by atoms with E-state index in [0.717, 1.165) is 19.3 Å². The number of rotatable bonds is 6. The summed E-state index contributed by atoms with van der Waals surface area (Å²) in [6, 6.07) is 4.45. The van der Waals surface area contributed by atoms with Gasteiger partial charge in [-0.15, -0.1) is 0 Å². The van der Waals surface area contributed by atoms with Gasteiger partial charge in [-0.1, -0.05) is 20.3 Å². The second kappa shape index (κ2) is 8.19. The fourth-order valence-electron chi connectivity index (χ4n) is 2.73. The van der Waals surface area contributed by atoms with E-state index >= 15 is 0 Å². The van der Waals surface area contributed by atoms with Crippen LogP contribution < -0.4 is 10.1 Å². The van der Waals surface area contributed by atoms with Crippen LogP contribution in [0, 0.1) is 5.92 Å². The summed E-state index contributed by atoms with van der Waals surface area (Å²) < 4.78 is 32.4. The second-order valence-electron chi connectivity index (χ2n) is 6.83. The fourth-order valence-corrected chi connectivity index (χ4v) is 4.27. The van der Waals surface area contributed by atoms with Crippen LogP contribution in [0.5, 0.6) is 5.75 Å². The van der Waals surface area contributed by atoms with Gasteiger partial charge in [-0.05, 0) is 43.9 Å². The zero-order valence-electron chi connectivity index (χ0n) is 15.4. The highest BCUT2D eigenvalue weighted by atomic mass is 32.2. The molecule has 0 radical (unpaired) electrons. The molecule has 1 heterocycles. The molecule has 2 rings (SSSR count). The molecule has 1 amide bonds. The van der Waals surface area contributed by atoms with E-state index < -0.39 is 10.0 Å². The number of methoxy groups -OCH3 is 1. The average Bonchev–Trinajstić information content (AvgIpc) is 2.61. The molecular weight excluding hydrogens is 340 g/mol. The number of nitrogens with zero attached hydrogens (tertiary/aromatic N) is 1. The lowest BCUT2D eigenvalue weighted by Gasteiger charge is -2.26. The largest absolute Gasteiger partial charge is 0.496 e. The lowest BCUT2D eigenvalue weighted by Crippen LogP contribution is -2.37. The highest BCUT2D eigenvalue weighted by molar-refractivity contribution is 7.89. The maximum absolute atomic E-state index is 12.8. The van der Waals surface area contributed by atoms with Crippen LogP contribution in [-0.4, -0.2) is 44.9 Å². The van der Waals surface area contributed by atoms with Gasteiger partial charge in [0.25, 0.3) is 5.91 Å². The zero-order chi connectivity index (χ0) is 18.6. The summed E-state index contributed by atoms with van der Waals surface area (Å²) in [5.74, 6) is 0.315. The zero-order valence-corrected chi connectivity index (χ0v) is 16.2. The molecule has 1 atom stereocenters. The number of ether oxygens (including phenoxy) is 1. The third kappa shape index (κ3) is 4.52. The first-order chi connectivity index (χ1) is 11.8. The molecule has 1 aliphatic heterocycles. The first-order valence-electron chi connectivity index (χ1n) is 8.76. The standard InChI is InChI=1S/C18H28N2O4S/c1-13(2)14(3)19-18(21)16-12-15(8-9-17(16)24-4)25(22,23)20-10-6-5-7-11-20/h8-9,12-14H,5-7,10-11H2,1-4H3,(H,19,21). The maximum Gasteiger partial charge on any atom is 0.255 e. The first-order valence-corrected chi connectivity index (χ1v) is 10.2. The number of hydrogen-bond donors (Lipinski definition) is 1. The van der Waals surface area contributed by atoms with E-state index in [1.165, 1.54) is 23.5 Å². The lowest BCUT2D eigenvalue weighted by atomic mass is 10.1. The van der Waals surface area contributed by atoms with Crippen molar-refractivity contribution in [1.82, 2.24) is 9.62 Å². The number of piperidine rings is 1. The van der Waals surface area contributed by atoms with Crippen molar-refractivity contribution in [3.8, 4) is 5.75 Å². The number of benzene rings is 1. The Bertz CT molecular complexity index is 710. The van der Waals surface area contributed by atoms with Crippen LogP contribution >= 0.6 is 0 Å². The van der Waals surface area contributed by atoms with Crippen LogP contribution in [0.4, 0.5) is 0 Å². The molecule has 25 heavy (non-hydrogen) atoms. The van der Waals surface area contributed by atoms with Crippen LogP contribution in [0.2, 0.25) is 0 Å². The Balaban J connectivity index is 2.34. The summed E-state index contributed by atoms with van der Waals surface area (Å²) >= 11 is 0. The molecule has 1 N–H and O–H groups in total. The van der Waals surface area contributed by atoms with Crippen LogP contribution in [0.25, 0.3) is 0 Å². The Morgan fingerprint density at radius 3 is 2.36 bits per heavy atom. The van der Waals surface area contributed by atoms with Crippen LogP contribution in [0.3, 0.4) is 0 Å². The number of carbonyl (C=O) groups is 1. The predicted molar refractivity (Wildman–Crippen MR) is 97.4 cm³/mol. The van der Waals surface area contributed by atoms with Gasteiger partial charge >= 0.3 is 0 Å². The van der Waals surface area contributed by atoms with E-state index in [4.69, 9.17) is 4.74 Å². The molecule has 0 aliphatic carbocycles. The fraction of sp³-hybridized carbons (Fsp3) is 0.611. The van der Waals surface area contributed by atoms with Gasteiger partial charge < -0.3 is 10.1 Å². The van der Waals surface area contributed by atoms with E-state index in [1.54, 1.807) is 6.07 Å². The smallest absolute Gasteiger partial charge is 0.255 e. The van der Waals surface area contributed by atoms with Gasteiger partial charge in [0.1, 0.15) is 5.75 Å². The molecule has 6 nitrogen and oxygen atoms in total. The minimum Gasteiger partial charge on any atom is -0.496 e. The van der Waals surface area contributed by atoms with Gasteiger partial charge in [0.15, 0.2) is 0 Å². The number of carbonyl (C=O) groups excluding carboxylic acids is 1. The van der Waals surface area contributed by atoms with Crippen molar-refractivity contribution in [2.75, 3.05) is 20.2 Å². The van der Waals surface area contributed by atoms with Gasteiger partial charge in [0.05, 0.1) is 17.6 Å². The van der Waals surface area contributed by atoms with E-state index in [2.05, 4.69) is 5.32 Å². The van der Waals surface area contributed by atoms with Gasteiger partial charge in [-0.25, -0.2) is 8.42 Å². The van der Waals surface area contributed by atoms with Crippen molar-refractivity contribution in [1.29, 1.82) is 0 Å². The molecule has 1 unspecified atom stereocenters. The SMILES string of the molecule is COc1ccc(S(=O)(=O)N2CCCCC2)cc1C(=O)NC(C)C(C)C. The molecule has 140 valence electrons. The molecule has 1 aromatic rings. The Kier molecular flexibility index (Phi) is 6.46. The molecule has 1 aromatic carbocycles. The Morgan fingerprint density at radius 2 is 1.80 bits per heavy atom. The molecule has 0 saturated carbocycles. The summed E-state index contributed by atoms with van der Waals surface area (Å²) in [5, 5.41) is 2.90. The Hall–Kier alpha value is -1.60. The van der Waals surface area contributed by atoms with E-state index in [9.17, 15) is 13.2 Å². The van der Waals surface area contributed by atoms with Gasteiger partial charge in [-0.3, -0.25) is 4.79 Å². The minimum absolute atomic E-state index is 0.0282. The number of amides is 1. The van der Waals surface area contributed by atoms with Crippen molar-refractivity contribution < 1.29 is 17.9 Å². The highest BCUT2D eigenvalue weighted by Crippen LogP contribution is 2.26. The molecule has 1 fully saturated rings. The minimum atomic E-state index is -3.59. The van der Waals surface area contributed by atoms with Crippen molar-refractivity contribution in [2.24, 2.45) is 5.92 Å². The maximum atomic E-state index is 12.8. The van der Waals surface area contributed by atoms with E-state index in [0.29, 0.717) is 18.8 Å². The number of hydrogen-bond acceptors (Lipinski definition) is 4. The number of nitrogens with one attached hydrogen (secondary N) is 1. The molecule has 0 spiro atoms. The van der Waals surface area contributed by atoms with E-state index in [-0.39, 0.29) is 28.3 Å². The van der Waals surface area contributed by atoms with Crippen LogP contribution in [-0.2, 0) is 10.0 Å². The van der Waals surface area contributed by atoms with E-state index in [1.807, 2.05) is 20.8 Å². The molecule has 0 bridgehead atoms. The second-order valence-corrected chi connectivity index (χ2v) is 8.77. The van der Waals surface area contributed by atoms with Crippen LogP contribution in [0.1, 0.15) is 50.4 Å². The Morgan fingerprint density at radius 1 is 1.16 bits per heavy atom. The van der Waals surface area contributed by atoms with Crippen molar-refractivity contribution in [3.05, 3.63) is 23.8 Å². The summed E-state index contributed by atoms with van der Waals surface area (Å²) in [6.07, 6.45) is 2.79. The quantitative estimate of drug-likeness (QED) is 0.837. The van der Waals surface area contributed by atoms with Crippen molar-refractivity contribution in [2.45, 2.75) is 51.0 Å². The van der Waals surface area contributed by atoms with Crippen molar-refractivity contribution in [3.63, 3.8) is 0 Å². The first kappa shape index (κ1) is 19.7. The van der Waals surface area contributed by atoms with Gasteiger partial charge in [-0.2, -0.15) is 4.31 Å². The third-order valence-electron chi connectivity index (χ3n) is 4.73. The normalized spacial score (nSPS) is 17.3. The molecule has 0 aromatic heterocycles. The van der Waals surface area contributed by atoms with Crippen molar-refractivity contribution >= 4 is 15.9 Å². The lowest BCUT2D eigenvalue weighted by molar-refractivity contribution is 0.0927. The van der Waals surface area contributed by atoms with Gasteiger partial charge in [0, 0.05) is 19.1 Å². The molecule has 1 saturated heterocycles. The summed E-state index contributed by atoms with van der Waals surface area (Å²) in [7, 11) is -2.12. The highest BCUT2D eigenvalue weighted by Gasteiger charge is 2.28.